The number of benzene rings is 3. The van der Waals surface area contributed by atoms with E-state index in [-0.39, 0.29) is 17.7 Å². The van der Waals surface area contributed by atoms with Crippen molar-refractivity contribution in [2.24, 2.45) is 18.9 Å². The average Bonchev–Trinajstić information content (AvgIpc) is 3.49. The van der Waals surface area contributed by atoms with Gasteiger partial charge in [0.1, 0.15) is 18.9 Å². The summed E-state index contributed by atoms with van der Waals surface area (Å²) < 4.78 is 14.4. The highest BCUT2D eigenvalue weighted by molar-refractivity contribution is 6.01. The predicted molar refractivity (Wildman–Crippen MR) is 191 cm³/mol. The van der Waals surface area contributed by atoms with Crippen LogP contribution in [-0.2, 0) is 25.1 Å². The number of anilines is 1. The van der Waals surface area contributed by atoms with Gasteiger partial charge in [0.15, 0.2) is 0 Å². The molecule has 2 aliphatic rings. The summed E-state index contributed by atoms with van der Waals surface area (Å²) in [5.41, 5.74) is 5.67. The van der Waals surface area contributed by atoms with Crippen molar-refractivity contribution >= 4 is 28.6 Å². The van der Waals surface area contributed by atoms with Gasteiger partial charge < -0.3 is 29.3 Å². The summed E-state index contributed by atoms with van der Waals surface area (Å²) in [6.45, 7) is 6.11. The van der Waals surface area contributed by atoms with Gasteiger partial charge in [-0.3, -0.25) is 9.48 Å². The summed E-state index contributed by atoms with van der Waals surface area (Å²) in [7, 11) is 1.95. The molecule has 11 heteroatoms. The number of hydrogen-bond acceptors (Lipinski definition) is 7. The zero-order valence-corrected chi connectivity index (χ0v) is 28.4. The van der Waals surface area contributed by atoms with Gasteiger partial charge in [0.2, 0.25) is 17.7 Å². The van der Waals surface area contributed by atoms with Crippen LogP contribution in [0.1, 0.15) is 24.5 Å². The second kappa shape index (κ2) is 14.5. The Kier molecular flexibility index (Phi) is 9.55. The van der Waals surface area contributed by atoms with Gasteiger partial charge in [0, 0.05) is 63.7 Å². The van der Waals surface area contributed by atoms with Crippen LogP contribution in [0.2, 0.25) is 0 Å². The van der Waals surface area contributed by atoms with E-state index >= 15 is 0 Å². The number of carboxylic acid groups (broad SMARTS) is 1. The van der Waals surface area contributed by atoms with Crippen LogP contribution in [0.15, 0.2) is 91.0 Å². The number of amides is 2. The minimum Gasteiger partial charge on any atom is -0.473 e. The Morgan fingerprint density at radius 3 is 2.14 bits per heavy atom. The van der Waals surface area contributed by atoms with E-state index in [2.05, 4.69) is 17.0 Å². The van der Waals surface area contributed by atoms with Gasteiger partial charge in [-0.25, -0.2) is 4.79 Å². The van der Waals surface area contributed by atoms with Crippen LogP contribution in [-0.4, -0.2) is 80.9 Å². The minimum absolute atomic E-state index is 0.00691. The van der Waals surface area contributed by atoms with E-state index in [1.807, 2.05) is 102 Å². The molecule has 0 unspecified atom stereocenters. The normalized spacial score (nSPS) is 17.9. The van der Waals surface area contributed by atoms with Crippen molar-refractivity contribution in [2.45, 2.75) is 26.6 Å². The van der Waals surface area contributed by atoms with Gasteiger partial charge >= 0.3 is 6.09 Å². The molecule has 2 amide bonds. The highest BCUT2D eigenvalue weighted by atomic mass is 16.5. The lowest BCUT2D eigenvalue weighted by molar-refractivity contribution is -0.139. The number of carbonyl (C=O) groups excluding carboxylic acids is 1. The van der Waals surface area contributed by atoms with Crippen molar-refractivity contribution in [1.82, 2.24) is 24.6 Å². The largest absolute Gasteiger partial charge is 0.473 e. The summed E-state index contributed by atoms with van der Waals surface area (Å²) in [5, 5.41) is 15.4. The summed E-state index contributed by atoms with van der Waals surface area (Å²) >= 11 is 0. The zero-order chi connectivity index (χ0) is 34.6. The molecule has 0 radical (unpaired) electrons. The third kappa shape index (κ3) is 6.94. The fourth-order valence-corrected chi connectivity index (χ4v) is 7.11. The Morgan fingerprint density at radius 1 is 0.800 bits per heavy atom. The Hall–Kier alpha value is -5.58. The molecular formula is C39H42N6O5. The van der Waals surface area contributed by atoms with Crippen molar-refractivity contribution in [2.75, 3.05) is 44.2 Å². The van der Waals surface area contributed by atoms with Crippen LogP contribution >= 0.6 is 0 Å². The number of ether oxygens (including phenoxy) is 2. The summed E-state index contributed by atoms with van der Waals surface area (Å²) in [6, 6.07) is 30.0. The molecule has 2 saturated heterocycles. The van der Waals surface area contributed by atoms with Crippen LogP contribution in [0.5, 0.6) is 11.8 Å². The van der Waals surface area contributed by atoms with Gasteiger partial charge in [0.25, 0.3) is 0 Å². The summed E-state index contributed by atoms with van der Waals surface area (Å²) in [5.74, 6) is 0.890. The van der Waals surface area contributed by atoms with Crippen molar-refractivity contribution in [3.05, 3.63) is 102 Å². The van der Waals surface area contributed by atoms with Crippen LogP contribution < -0.4 is 14.4 Å². The molecule has 2 atom stereocenters. The monoisotopic (exact) mass is 674 g/mol. The summed E-state index contributed by atoms with van der Waals surface area (Å²) in [4.78, 5) is 35.5. The Labute approximate surface area is 291 Å². The second-order valence-electron chi connectivity index (χ2n) is 13.1. The lowest BCUT2D eigenvalue weighted by Crippen LogP contribution is -2.53. The van der Waals surface area contributed by atoms with Crippen LogP contribution in [0.4, 0.5) is 10.5 Å². The molecule has 0 aliphatic carbocycles. The SMILES string of the molecule is C[C@@H]1CN(C(=O)O)CC[C@H]1C(=O)N1CCN(c2cccc3c(-c4ccc(OCc5ccccc5)nc4OCc4ccccc4)nn(C)c23)CC1. The number of hydrogen-bond donors (Lipinski definition) is 1. The predicted octanol–water partition coefficient (Wildman–Crippen LogP) is 6.08. The van der Waals surface area contributed by atoms with E-state index in [0.717, 1.165) is 39.0 Å². The number of piperazine rings is 1. The third-order valence-electron chi connectivity index (χ3n) is 9.81. The molecule has 0 saturated carbocycles. The molecule has 1 N–H and O–H groups in total. The molecule has 2 aromatic heterocycles. The molecule has 0 spiro atoms. The smallest absolute Gasteiger partial charge is 0.407 e. The summed E-state index contributed by atoms with van der Waals surface area (Å²) in [6.07, 6.45) is -0.351. The van der Waals surface area contributed by atoms with Crippen molar-refractivity contribution < 1.29 is 24.2 Å². The van der Waals surface area contributed by atoms with E-state index < -0.39 is 6.09 Å². The molecule has 3 aromatic carbocycles. The number of pyridine rings is 1. The fraction of sp³-hybridized carbons (Fsp3) is 0.333. The number of aryl methyl sites for hydroxylation is 1. The van der Waals surface area contributed by atoms with Crippen LogP contribution in [0.3, 0.4) is 0 Å². The zero-order valence-electron chi connectivity index (χ0n) is 28.4. The number of aromatic nitrogens is 3. The maximum atomic E-state index is 13.5. The first-order valence-corrected chi connectivity index (χ1v) is 17.2. The van der Waals surface area contributed by atoms with Gasteiger partial charge in [-0.2, -0.15) is 10.1 Å². The highest BCUT2D eigenvalue weighted by Gasteiger charge is 2.36. The Morgan fingerprint density at radius 2 is 1.48 bits per heavy atom. The third-order valence-corrected chi connectivity index (χ3v) is 9.81. The first-order valence-electron chi connectivity index (χ1n) is 17.2. The Bertz CT molecular complexity index is 1960. The number of para-hydroxylation sites is 1. The standard InChI is InChI=1S/C39H42N6O5/c1-27-24-45(39(47)48)19-18-30(27)38(46)44-22-20-43(21-23-44)33-15-9-14-31-35(41-42(2)36(31)33)32-16-17-34(49-25-28-10-5-3-6-11-28)40-37(32)50-26-29-12-7-4-8-13-29/h3-17,27,30H,18-26H2,1-2H3,(H,47,48)/t27-,30-/m1/s1. The van der Waals surface area contributed by atoms with E-state index in [9.17, 15) is 14.7 Å². The molecule has 4 heterocycles. The molecule has 50 heavy (non-hydrogen) atoms. The van der Waals surface area contributed by atoms with Gasteiger partial charge in [0.05, 0.1) is 16.8 Å². The molecule has 7 rings (SSSR count). The number of nitrogens with zero attached hydrogens (tertiary/aromatic N) is 6. The topological polar surface area (TPSA) is 113 Å². The lowest BCUT2D eigenvalue weighted by atomic mass is 9.85. The Balaban J connectivity index is 1.12. The van der Waals surface area contributed by atoms with E-state index in [0.29, 0.717) is 70.7 Å². The number of rotatable bonds is 9. The van der Waals surface area contributed by atoms with Crippen LogP contribution in [0, 0.1) is 11.8 Å². The van der Waals surface area contributed by atoms with Crippen LogP contribution in [0.25, 0.3) is 22.2 Å². The van der Waals surface area contributed by atoms with E-state index in [1.165, 1.54) is 4.90 Å². The number of fused-ring (bicyclic) bond motifs is 1. The first kappa shape index (κ1) is 32.9. The van der Waals surface area contributed by atoms with Gasteiger partial charge in [-0.15, -0.1) is 0 Å². The molecular weight excluding hydrogens is 632 g/mol. The highest BCUT2D eigenvalue weighted by Crippen LogP contribution is 2.38. The minimum atomic E-state index is -0.916. The van der Waals surface area contributed by atoms with E-state index in [4.69, 9.17) is 19.6 Å². The number of carbonyl (C=O) groups is 2. The molecule has 5 aromatic rings. The molecule has 258 valence electrons. The molecule has 11 nitrogen and oxygen atoms in total. The van der Waals surface area contributed by atoms with Gasteiger partial charge in [-0.1, -0.05) is 79.7 Å². The maximum Gasteiger partial charge on any atom is 0.407 e. The van der Waals surface area contributed by atoms with E-state index in [1.54, 1.807) is 0 Å². The van der Waals surface area contributed by atoms with Crippen molar-refractivity contribution in [1.29, 1.82) is 0 Å². The van der Waals surface area contributed by atoms with Crippen molar-refractivity contribution in [3.63, 3.8) is 0 Å². The lowest BCUT2D eigenvalue weighted by Gasteiger charge is -2.41. The molecule has 2 aliphatic heterocycles. The molecule has 2 fully saturated rings. The fourth-order valence-electron chi connectivity index (χ4n) is 7.11. The van der Waals surface area contributed by atoms with Crippen molar-refractivity contribution in [3.8, 4) is 23.0 Å². The number of likely N-dealkylation sites (tertiary alicyclic amines) is 1. The quantitative estimate of drug-likeness (QED) is 0.200. The van der Waals surface area contributed by atoms with Gasteiger partial charge in [-0.05, 0) is 35.6 Å². The second-order valence-corrected chi connectivity index (χ2v) is 13.1. The number of piperidine rings is 1. The maximum absolute atomic E-state index is 13.5. The molecule has 0 bridgehead atoms. The first-order chi connectivity index (χ1) is 24.4. The average molecular weight is 675 g/mol.